The number of H-pyrrole nitrogens is 1. The van der Waals surface area contributed by atoms with E-state index in [1.54, 1.807) is 42.5 Å². The number of carbonyl (C=O) groups is 1. The van der Waals surface area contributed by atoms with Crippen LogP contribution >= 0.6 is 46.4 Å². The highest BCUT2D eigenvalue weighted by molar-refractivity contribution is 6.36. The molecule has 9 heteroatoms. The van der Waals surface area contributed by atoms with Gasteiger partial charge in [0.25, 0.3) is 5.91 Å². The predicted octanol–water partition coefficient (Wildman–Crippen LogP) is 5.45. The van der Waals surface area contributed by atoms with E-state index in [0.717, 1.165) is 0 Å². The van der Waals surface area contributed by atoms with E-state index in [9.17, 15) is 4.79 Å². The fourth-order valence-electron chi connectivity index (χ4n) is 2.10. The van der Waals surface area contributed by atoms with E-state index >= 15 is 0 Å². The SMILES string of the molecule is O=C(N/N=C/c1ccc(Cl)cc1Cl)c1cc(-c2ccc(Cl)cc2Cl)n[nH]1. The van der Waals surface area contributed by atoms with Crippen LogP contribution in [0.5, 0.6) is 0 Å². The van der Waals surface area contributed by atoms with Crippen LogP contribution in [0.4, 0.5) is 0 Å². The van der Waals surface area contributed by atoms with Crippen molar-refractivity contribution in [1.82, 2.24) is 15.6 Å². The number of hydrogen-bond acceptors (Lipinski definition) is 3. The second kappa shape index (κ2) is 8.10. The van der Waals surface area contributed by atoms with Crippen LogP contribution in [0.2, 0.25) is 20.1 Å². The smallest absolute Gasteiger partial charge is 0.272 e. The minimum absolute atomic E-state index is 0.227. The van der Waals surface area contributed by atoms with Crippen molar-refractivity contribution in [2.24, 2.45) is 5.10 Å². The number of nitrogens with zero attached hydrogens (tertiary/aromatic N) is 2. The average molecular weight is 428 g/mol. The third-order valence-corrected chi connectivity index (χ3v) is 4.47. The third-order valence-electron chi connectivity index (χ3n) is 3.36. The van der Waals surface area contributed by atoms with Gasteiger partial charge in [-0.15, -0.1) is 0 Å². The molecule has 1 heterocycles. The molecule has 0 fully saturated rings. The fraction of sp³-hybridized carbons (Fsp3) is 0. The molecule has 5 nitrogen and oxygen atoms in total. The van der Waals surface area contributed by atoms with Gasteiger partial charge < -0.3 is 0 Å². The van der Waals surface area contributed by atoms with E-state index in [0.29, 0.717) is 36.9 Å². The Kier molecular flexibility index (Phi) is 5.84. The Hall–Kier alpha value is -2.05. The van der Waals surface area contributed by atoms with Crippen molar-refractivity contribution in [2.75, 3.05) is 0 Å². The van der Waals surface area contributed by atoms with E-state index < -0.39 is 5.91 Å². The van der Waals surface area contributed by atoms with Gasteiger partial charge in [-0.05, 0) is 36.4 Å². The van der Waals surface area contributed by atoms with E-state index in [1.807, 2.05) is 0 Å². The lowest BCUT2D eigenvalue weighted by atomic mass is 10.1. The minimum Gasteiger partial charge on any atom is -0.272 e. The summed E-state index contributed by atoms with van der Waals surface area (Å²) in [5, 5.41) is 12.5. The zero-order valence-corrected chi connectivity index (χ0v) is 16.0. The highest BCUT2D eigenvalue weighted by Crippen LogP contribution is 2.29. The highest BCUT2D eigenvalue weighted by atomic mass is 35.5. The number of hydrazone groups is 1. The van der Waals surface area contributed by atoms with E-state index in [1.165, 1.54) is 6.21 Å². The molecule has 0 aliphatic carbocycles. The van der Waals surface area contributed by atoms with Gasteiger partial charge in [-0.2, -0.15) is 10.2 Å². The van der Waals surface area contributed by atoms with Crippen LogP contribution in [-0.2, 0) is 0 Å². The quantitative estimate of drug-likeness (QED) is 0.429. The van der Waals surface area contributed by atoms with Crippen molar-refractivity contribution in [2.45, 2.75) is 0 Å². The van der Waals surface area contributed by atoms with Gasteiger partial charge in [-0.3, -0.25) is 9.89 Å². The maximum absolute atomic E-state index is 12.2. The molecule has 1 aromatic heterocycles. The number of carbonyl (C=O) groups excluding carboxylic acids is 1. The maximum Gasteiger partial charge on any atom is 0.289 e. The lowest BCUT2D eigenvalue weighted by Crippen LogP contribution is -2.18. The Morgan fingerprint density at radius 2 is 1.69 bits per heavy atom. The Morgan fingerprint density at radius 1 is 1.00 bits per heavy atom. The third kappa shape index (κ3) is 4.37. The molecule has 26 heavy (non-hydrogen) atoms. The van der Waals surface area contributed by atoms with Crippen molar-refractivity contribution in [3.8, 4) is 11.3 Å². The first-order chi connectivity index (χ1) is 12.4. The Morgan fingerprint density at radius 3 is 2.38 bits per heavy atom. The van der Waals surface area contributed by atoms with Crippen LogP contribution in [0.15, 0.2) is 47.6 Å². The fourth-order valence-corrected chi connectivity index (χ4v) is 3.06. The van der Waals surface area contributed by atoms with Gasteiger partial charge in [0, 0.05) is 21.2 Å². The van der Waals surface area contributed by atoms with Gasteiger partial charge in [0.1, 0.15) is 5.69 Å². The lowest BCUT2D eigenvalue weighted by Gasteiger charge is -2.00. The summed E-state index contributed by atoms with van der Waals surface area (Å²) in [4.78, 5) is 12.2. The van der Waals surface area contributed by atoms with Crippen LogP contribution in [-0.4, -0.2) is 22.3 Å². The average Bonchev–Trinajstić information content (AvgIpc) is 3.06. The molecule has 0 unspecified atom stereocenters. The summed E-state index contributed by atoms with van der Waals surface area (Å²) in [7, 11) is 0. The summed E-state index contributed by atoms with van der Waals surface area (Å²) < 4.78 is 0. The number of rotatable bonds is 4. The Labute approximate surface area is 168 Å². The molecule has 1 amide bonds. The van der Waals surface area contributed by atoms with E-state index in [2.05, 4.69) is 20.7 Å². The van der Waals surface area contributed by atoms with E-state index in [-0.39, 0.29) is 5.69 Å². The van der Waals surface area contributed by atoms with Crippen molar-refractivity contribution >= 4 is 58.5 Å². The molecule has 0 spiro atoms. The number of hydrogen-bond donors (Lipinski definition) is 2. The normalized spacial score (nSPS) is 11.1. The van der Waals surface area contributed by atoms with Gasteiger partial charge in [-0.25, -0.2) is 5.43 Å². The summed E-state index contributed by atoms with van der Waals surface area (Å²) in [6, 6.07) is 11.5. The number of benzene rings is 2. The molecule has 3 rings (SSSR count). The largest absolute Gasteiger partial charge is 0.289 e. The van der Waals surface area contributed by atoms with Gasteiger partial charge in [0.2, 0.25) is 0 Å². The summed E-state index contributed by atoms with van der Waals surface area (Å²) in [5.74, 6) is -0.463. The Bertz CT molecular complexity index is 1000. The van der Waals surface area contributed by atoms with Crippen LogP contribution in [0.25, 0.3) is 11.3 Å². The molecule has 0 saturated carbocycles. The first kappa shape index (κ1) is 18.7. The zero-order chi connectivity index (χ0) is 18.7. The zero-order valence-electron chi connectivity index (χ0n) is 12.9. The summed E-state index contributed by atoms with van der Waals surface area (Å²) in [6.45, 7) is 0. The van der Waals surface area contributed by atoms with Crippen molar-refractivity contribution in [3.05, 3.63) is 73.8 Å². The molecule has 0 aliphatic heterocycles. The molecule has 132 valence electrons. The van der Waals surface area contributed by atoms with Gasteiger partial charge in [0.05, 0.1) is 22.0 Å². The molecule has 2 N–H and O–H groups in total. The number of aromatic nitrogens is 2. The first-order valence-electron chi connectivity index (χ1n) is 7.23. The second-order valence-electron chi connectivity index (χ2n) is 5.16. The molecular formula is C17H10Cl4N4O. The van der Waals surface area contributed by atoms with Gasteiger partial charge >= 0.3 is 0 Å². The molecule has 0 aliphatic rings. The van der Waals surface area contributed by atoms with Crippen molar-refractivity contribution < 1.29 is 4.79 Å². The molecule has 0 atom stereocenters. The van der Waals surface area contributed by atoms with Gasteiger partial charge in [-0.1, -0.05) is 52.5 Å². The summed E-state index contributed by atoms with van der Waals surface area (Å²) in [5.41, 5.74) is 4.41. The first-order valence-corrected chi connectivity index (χ1v) is 8.74. The highest BCUT2D eigenvalue weighted by Gasteiger charge is 2.12. The Balaban J connectivity index is 1.71. The minimum atomic E-state index is -0.463. The molecule has 0 saturated heterocycles. The number of halogens is 4. The summed E-state index contributed by atoms with van der Waals surface area (Å²) in [6.07, 6.45) is 1.42. The lowest BCUT2D eigenvalue weighted by molar-refractivity contribution is 0.0950. The van der Waals surface area contributed by atoms with Gasteiger partial charge in [0.15, 0.2) is 0 Å². The number of nitrogens with one attached hydrogen (secondary N) is 2. The molecular weight excluding hydrogens is 418 g/mol. The van der Waals surface area contributed by atoms with Crippen LogP contribution in [0.1, 0.15) is 16.1 Å². The molecule has 2 aromatic carbocycles. The summed E-state index contributed by atoms with van der Waals surface area (Å²) >= 11 is 23.9. The molecule has 3 aromatic rings. The molecule has 0 radical (unpaired) electrons. The number of amides is 1. The van der Waals surface area contributed by atoms with Crippen molar-refractivity contribution in [3.63, 3.8) is 0 Å². The van der Waals surface area contributed by atoms with E-state index in [4.69, 9.17) is 46.4 Å². The van der Waals surface area contributed by atoms with Crippen molar-refractivity contribution in [1.29, 1.82) is 0 Å². The van der Waals surface area contributed by atoms with Crippen LogP contribution < -0.4 is 5.43 Å². The monoisotopic (exact) mass is 426 g/mol. The standard InChI is InChI=1S/C17H10Cl4N4O/c18-10-2-1-9(13(20)5-10)8-22-25-17(26)16-7-15(23-24-16)12-4-3-11(19)6-14(12)21/h1-8H,(H,23,24)(H,25,26)/b22-8+. The van der Waals surface area contributed by atoms with Crippen LogP contribution in [0.3, 0.4) is 0 Å². The predicted molar refractivity (Wildman–Crippen MR) is 106 cm³/mol. The second-order valence-corrected chi connectivity index (χ2v) is 6.84. The number of aromatic amines is 1. The molecule has 0 bridgehead atoms. The maximum atomic E-state index is 12.2. The van der Waals surface area contributed by atoms with Crippen LogP contribution in [0, 0.1) is 0 Å². The topological polar surface area (TPSA) is 70.1 Å².